The van der Waals surface area contributed by atoms with E-state index in [4.69, 9.17) is 0 Å². The van der Waals surface area contributed by atoms with Crippen LogP contribution in [0.1, 0.15) is 25.8 Å². The van der Waals surface area contributed by atoms with Crippen LogP contribution in [0.25, 0.3) is 0 Å². The maximum Gasteiger partial charge on any atom is 0.264 e. The lowest BCUT2D eigenvalue weighted by molar-refractivity contribution is 0.0752. The van der Waals surface area contributed by atoms with Crippen molar-refractivity contribution in [3.05, 3.63) is 33.1 Å². The van der Waals surface area contributed by atoms with Gasteiger partial charge in [-0.1, -0.05) is 0 Å². The van der Waals surface area contributed by atoms with Crippen molar-refractivity contribution < 1.29 is 4.79 Å². The summed E-state index contributed by atoms with van der Waals surface area (Å²) >= 11 is 2.91. The molecule has 0 aliphatic carbocycles. The number of aromatic nitrogens is 1. The summed E-state index contributed by atoms with van der Waals surface area (Å²) in [5, 5.41) is 10.2. The molecule has 0 bridgehead atoms. The number of carbonyl (C=O) groups is 1. The van der Waals surface area contributed by atoms with E-state index in [1.807, 2.05) is 30.9 Å². The fourth-order valence-corrected chi connectivity index (χ4v) is 4.25. The molecule has 0 spiro atoms. The Morgan fingerprint density at radius 1 is 1.27 bits per heavy atom. The molecule has 3 rings (SSSR count). The first-order valence-corrected chi connectivity index (χ1v) is 8.66. The first-order chi connectivity index (χ1) is 10.6. The van der Waals surface area contributed by atoms with E-state index in [-0.39, 0.29) is 5.91 Å². The summed E-state index contributed by atoms with van der Waals surface area (Å²) in [5.74, 6) is 0.110. The van der Waals surface area contributed by atoms with Crippen LogP contribution in [0.2, 0.25) is 0 Å². The lowest BCUT2D eigenvalue weighted by atomic mass is 10.2. The summed E-state index contributed by atoms with van der Waals surface area (Å²) in [4.78, 5) is 18.4. The Balaban J connectivity index is 1.68. The van der Waals surface area contributed by atoms with Gasteiger partial charge in [0.05, 0.1) is 10.6 Å². The minimum absolute atomic E-state index is 0.110. The van der Waals surface area contributed by atoms with Crippen molar-refractivity contribution in [3.8, 4) is 6.07 Å². The van der Waals surface area contributed by atoms with E-state index < -0.39 is 0 Å². The third kappa shape index (κ3) is 2.72. The van der Waals surface area contributed by atoms with Crippen LogP contribution < -0.4 is 4.90 Å². The molecule has 0 N–H and O–H groups in total. The Hall–Kier alpha value is -1.91. The third-order valence-electron chi connectivity index (χ3n) is 3.76. The predicted octanol–water partition coefficient (Wildman–Crippen LogP) is 2.66. The molecule has 5 nitrogen and oxygen atoms in total. The second-order valence-electron chi connectivity index (χ2n) is 5.25. The predicted molar refractivity (Wildman–Crippen MR) is 88.7 cm³/mol. The van der Waals surface area contributed by atoms with Gasteiger partial charge in [0.2, 0.25) is 0 Å². The van der Waals surface area contributed by atoms with Crippen LogP contribution in [-0.2, 0) is 0 Å². The number of hydrogen-bond acceptors (Lipinski definition) is 6. The number of piperazine rings is 1. The second-order valence-corrected chi connectivity index (χ2v) is 7.29. The quantitative estimate of drug-likeness (QED) is 0.848. The van der Waals surface area contributed by atoms with Gasteiger partial charge < -0.3 is 9.80 Å². The van der Waals surface area contributed by atoms with Crippen LogP contribution >= 0.6 is 22.9 Å². The van der Waals surface area contributed by atoms with Gasteiger partial charge in [-0.25, -0.2) is 0 Å². The van der Waals surface area contributed by atoms with Gasteiger partial charge in [-0.05, 0) is 37.5 Å². The van der Waals surface area contributed by atoms with E-state index in [0.29, 0.717) is 18.7 Å². The fourth-order valence-electron chi connectivity index (χ4n) is 2.52. The first kappa shape index (κ1) is 15.0. The maximum atomic E-state index is 12.4. The molecule has 1 amide bonds. The van der Waals surface area contributed by atoms with E-state index in [1.165, 1.54) is 11.5 Å². The summed E-state index contributed by atoms with van der Waals surface area (Å²) < 4.78 is 4.27. The number of carbonyl (C=O) groups excluding carboxylic acids is 1. The Bertz CT molecular complexity index is 735. The molecule has 2 aromatic rings. The van der Waals surface area contributed by atoms with Gasteiger partial charge in [0.1, 0.15) is 16.6 Å². The van der Waals surface area contributed by atoms with Crippen molar-refractivity contribution in [1.82, 2.24) is 9.27 Å². The number of amides is 1. The highest BCUT2D eigenvalue weighted by Crippen LogP contribution is 2.29. The molecule has 1 saturated heterocycles. The maximum absolute atomic E-state index is 12.4. The summed E-state index contributed by atoms with van der Waals surface area (Å²) in [6.45, 7) is 6.71. The van der Waals surface area contributed by atoms with E-state index in [9.17, 15) is 10.1 Å². The van der Waals surface area contributed by atoms with Gasteiger partial charge in [0.25, 0.3) is 5.91 Å². The van der Waals surface area contributed by atoms with Crippen molar-refractivity contribution in [3.63, 3.8) is 0 Å². The van der Waals surface area contributed by atoms with Crippen LogP contribution in [-0.4, -0.2) is 41.4 Å². The van der Waals surface area contributed by atoms with Crippen LogP contribution in [0, 0.1) is 25.2 Å². The highest BCUT2D eigenvalue weighted by atomic mass is 32.1. The van der Waals surface area contributed by atoms with Gasteiger partial charge in [-0.2, -0.15) is 9.64 Å². The van der Waals surface area contributed by atoms with Gasteiger partial charge in [-0.15, -0.1) is 11.3 Å². The van der Waals surface area contributed by atoms with Crippen LogP contribution in [0.3, 0.4) is 0 Å². The zero-order chi connectivity index (χ0) is 15.7. The highest BCUT2D eigenvalue weighted by molar-refractivity contribution is 7.14. The van der Waals surface area contributed by atoms with E-state index in [2.05, 4.69) is 15.3 Å². The topological polar surface area (TPSA) is 60.2 Å². The molecule has 0 unspecified atom stereocenters. The average molecular weight is 332 g/mol. The molecule has 1 aliphatic rings. The third-order valence-corrected chi connectivity index (χ3v) is 5.75. The van der Waals surface area contributed by atoms with Crippen LogP contribution in [0.5, 0.6) is 0 Å². The molecule has 1 aliphatic heterocycles. The van der Waals surface area contributed by atoms with Crippen molar-refractivity contribution >= 4 is 33.8 Å². The summed E-state index contributed by atoms with van der Waals surface area (Å²) in [6, 6.07) is 6.11. The summed E-state index contributed by atoms with van der Waals surface area (Å²) in [5.41, 5.74) is 1.45. The van der Waals surface area contributed by atoms with Crippen LogP contribution in [0.15, 0.2) is 12.1 Å². The number of thiophene rings is 1. The van der Waals surface area contributed by atoms with Crippen LogP contribution in [0.4, 0.5) is 5.00 Å². The van der Waals surface area contributed by atoms with Crippen molar-refractivity contribution in [2.24, 2.45) is 0 Å². The molecule has 1 fully saturated rings. The Morgan fingerprint density at radius 3 is 2.59 bits per heavy atom. The smallest absolute Gasteiger partial charge is 0.264 e. The second kappa shape index (κ2) is 6.07. The van der Waals surface area contributed by atoms with Crippen molar-refractivity contribution in [1.29, 1.82) is 5.26 Å². The molecule has 0 radical (unpaired) electrons. The molecular weight excluding hydrogens is 316 g/mol. The number of anilines is 1. The number of aryl methyl sites for hydroxylation is 2. The van der Waals surface area contributed by atoms with E-state index >= 15 is 0 Å². The van der Waals surface area contributed by atoms with Gasteiger partial charge in [0.15, 0.2) is 0 Å². The highest BCUT2D eigenvalue weighted by Gasteiger charge is 2.25. The lowest BCUT2D eigenvalue weighted by Gasteiger charge is -2.35. The molecule has 114 valence electrons. The lowest BCUT2D eigenvalue weighted by Crippen LogP contribution is -2.48. The minimum Gasteiger partial charge on any atom is -0.358 e. The molecule has 0 aromatic carbocycles. The Kier molecular flexibility index (Phi) is 4.14. The molecule has 0 saturated carbocycles. The monoisotopic (exact) mass is 332 g/mol. The first-order valence-electron chi connectivity index (χ1n) is 7.07. The standard InChI is InChI=1S/C15H16N4OS2/c1-10-3-4-13(21-10)14(20)18-5-7-19(8-6-18)15-12(9-16)11(2)17-22-15/h3-4H,5-8H2,1-2H3. The Labute approximate surface area is 137 Å². The molecule has 3 heterocycles. The van der Waals surface area contributed by atoms with E-state index in [0.717, 1.165) is 33.5 Å². The number of hydrogen-bond donors (Lipinski definition) is 0. The molecule has 2 aromatic heterocycles. The zero-order valence-electron chi connectivity index (χ0n) is 12.5. The van der Waals surface area contributed by atoms with E-state index in [1.54, 1.807) is 11.3 Å². The number of nitriles is 1. The molecular formula is C15H16N4OS2. The number of nitrogens with zero attached hydrogens (tertiary/aromatic N) is 4. The van der Waals surface area contributed by atoms with Gasteiger partial charge >= 0.3 is 0 Å². The van der Waals surface area contributed by atoms with Gasteiger partial charge in [0, 0.05) is 31.1 Å². The average Bonchev–Trinajstić information content (AvgIpc) is 3.12. The molecule has 22 heavy (non-hydrogen) atoms. The summed E-state index contributed by atoms with van der Waals surface area (Å²) in [6.07, 6.45) is 0. The Morgan fingerprint density at radius 2 is 2.00 bits per heavy atom. The largest absolute Gasteiger partial charge is 0.358 e. The summed E-state index contributed by atoms with van der Waals surface area (Å²) in [7, 11) is 0. The SMILES string of the molecule is Cc1ccc(C(=O)N2CCN(c3snc(C)c3C#N)CC2)s1. The zero-order valence-corrected chi connectivity index (χ0v) is 14.1. The molecule has 7 heteroatoms. The van der Waals surface area contributed by atoms with Gasteiger partial charge in [-0.3, -0.25) is 4.79 Å². The van der Waals surface area contributed by atoms with Crippen molar-refractivity contribution in [2.75, 3.05) is 31.1 Å². The fraction of sp³-hybridized carbons (Fsp3) is 0.400. The molecule has 0 atom stereocenters. The van der Waals surface area contributed by atoms with Crippen molar-refractivity contribution in [2.45, 2.75) is 13.8 Å². The minimum atomic E-state index is 0.110. The number of rotatable bonds is 2. The normalized spacial score (nSPS) is 15.0.